The molecule has 0 radical (unpaired) electrons. The molecule has 0 unspecified atom stereocenters. The van der Waals surface area contributed by atoms with Crippen LogP contribution in [0, 0.1) is 0 Å². The van der Waals surface area contributed by atoms with Crippen LogP contribution in [0.1, 0.15) is 5.89 Å². The molecule has 0 amide bonds. The summed E-state index contributed by atoms with van der Waals surface area (Å²) < 4.78 is 7.76. The molecule has 0 aliphatic heterocycles. The number of halogens is 1. The van der Waals surface area contributed by atoms with Gasteiger partial charge in [-0.15, -0.1) is 0 Å². The minimum Gasteiger partial charge on any atom is -0.447 e. The molecular weight excluding hydrogens is 222 g/mol. The van der Waals surface area contributed by atoms with E-state index < -0.39 is 0 Å². The summed E-state index contributed by atoms with van der Waals surface area (Å²) in [5, 5.41) is 4.06. The van der Waals surface area contributed by atoms with Crippen LogP contribution in [-0.2, 0) is 6.54 Å². The van der Waals surface area contributed by atoms with E-state index in [4.69, 9.17) is 4.42 Å². The van der Waals surface area contributed by atoms with E-state index in [1.165, 1.54) is 0 Å². The van der Waals surface area contributed by atoms with Gasteiger partial charge in [0.15, 0.2) is 0 Å². The zero-order chi connectivity index (χ0) is 8.39. The van der Waals surface area contributed by atoms with Gasteiger partial charge in [-0.2, -0.15) is 5.10 Å². The van der Waals surface area contributed by atoms with Crippen molar-refractivity contribution in [1.29, 1.82) is 0 Å². The molecule has 0 saturated carbocycles. The van der Waals surface area contributed by atoms with Crippen LogP contribution < -0.4 is 0 Å². The highest BCUT2D eigenvalue weighted by molar-refractivity contribution is 9.10. The number of hydrogen-bond donors (Lipinski definition) is 0. The van der Waals surface area contributed by atoms with Gasteiger partial charge in [0.2, 0.25) is 5.89 Å². The van der Waals surface area contributed by atoms with Crippen molar-refractivity contribution in [3.63, 3.8) is 0 Å². The lowest BCUT2D eigenvalue weighted by molar-refractivity contribution is 0.465. The highest BCUT2D eigenvalue weighted by Crippen LogP contribution is 2.07. The maximum absolute atomic E-state index is 5.06. The van der Waals surface area contributed by atoms with E-state index in [9.17, 15) is 0 Å². The van der Waals surface area contributed by atoms with Crippen molar-refractivity contribution in [2.24, 2.45) is 0 Å². The normalized spacial score (nSPS) is 10.4. The molecule has 0 aromatic carbocycles. The molecule has 0 bridgehead atoms. The lowest BCUT2D eigenvalue weighted by atomic mass is 10.6. The smallest absolute Gasteiger partial charge is 0.215 e. The van der Waals surface area contributed by atoms with Crippen molar-refractivity contribution >= 4 is 15.9 Å². The molecule has 2 rings (SSSR count). The van der Waals surface area contributed by atoms with Crippen molar-refractivity contribution in [1.82, 2.24) is 14.8 Å². The fourth-order valence-electron chi connectivity index (χ4n) is 0.894. The summed E-state index contributed by atoms with van der Waals surface area (Å²) in [5.41, 5.74) is 0. The van der Waals surface area contributed by atoms with Crippen molar-refractivity contribution in [2.75, 3.05) is 0 Å². The fourth-order valence-corrected chi connectivity index (χ4v) is 1.22. The third-order valence-corrected chi connectivity index (χ3v) is 1.79. The molecule has 0 aliphatic rings. The van der Waals surface area contributed by atoms with Gasteiger partial charge in [0.25, 0.3) is 0 Å². The molecular formula is C7H6BrN3O. The molecule has 0 N–H and O–H groups in total. The SMILES string of the molecule is Brc1cnn(Cc2ncco2)c1. The highest BCUT2D eigenvalue weighted by atomic mass is 79.9. The molecule has 2 aromatic rings. The Morgan fingerprint density at radius 1 is 1.58 bits per heavy atom. The van der Waals surface area contributed by atoms with Gasteiger partial charge in [0.05, 0.1) is 16.9 Å². The number of hydrogen-bond acceptors (Lipinski definition) is 3. The minimum atomic E-state index is 0.568. The Morgan fingerprint density at radius 3 is 3.08 bits per heavy atom. The van der Waals surface area contributed by atoms with E-state index in [2.05, 4.69) is 26.0 Å². The molecule has 0 fully saturated rings. The van der Waals surface area contributed by atoms with Crippen molar-refractivity contribution in [3.05, 3.63) is 35.2 Å². The van der Waals surface area contributed by atoms with Gasteiger partial charge >= 0.3 is 0 Å². The predicted octanol–water partition coefficient (Wildman–Crippen LogP) is 1.68. The summed E-state index contributed by atoms with van der Waals surface area (Å²) in [6, 6.07) is 0. The molecule has 4 nitrogen and oxygen atoms in total. The fraction of sp³-hybridized carbons (Fsp3) is 0.143. The Bertz CT molecular complexity index is 354. The van der Waals surface area contributed by atoms with Gasteiger partial charge < -0.3 is 4.42 Å². The average Bonchev–Trinajstić information content (AvgIpc) is 2.63. The molecule has 0 atom stereocenters. The van der Waals surface area contributed by atoms with Gasteiger partial charge in [0.1, 0.15) is 12.8 Å². The molecule has 62 valence electrons. The van der Waals surface area contributed by atoms with Crippen LogP contribution in [0.15, 0.2) is 33.7 Å². The van der Waals surface area contributed by atoms with E-state index in [1.807, 2.05) is 6.20 Å². The van der Waals surface area contributed by atoms with E-state index >= 15 is 0 Å². The summed E-state index contributed by atoms with van der Waals surface area (Å²) in [6.45, 7) is 0.568. The lowest BCUT2D eigenvalue weighted by Crippen LogP contribution is -1.99. The second-order valence-electron chi connectivity index (χ2n) is 2.28. The van der Waals surface area contributed by atoms with E-state index in [1.54, 1.807) is 23.3 Å². The topological polar surface area (TPSA) is 43.9 Å². The molecule has 0 aliphatic carbocycles. The quantitative estimate of drug-likeness (QED) is 0.785. The first-order valence-electron chi connectivity index (χ1n) is 3.41. The van der Waals surface area contributed by atoms with Crippen LogP contribution in [0.3, 0.4) is 0 Å². The van der Waals surface area contributed by atoms with Gasteiger partial charge in [-0.1, -0.05) is 0 Å². The zero-order valence-corrected chi connectivity index (χ0v) is 7.73. The third-order valence-electron chi connectivity index (χ3n) is 1.38. The van der Waals surface area contributed by atoms with E-state index in [0.717, 1.165) is 4.47 Å². The maximum atomic E-state index is 5.06. The number of oxazole rings is 1. The minimum absolute atomic E-state index is 0.568. The number of aromatic nitrogens is 3. The average molecular weight is 228 g/mol. The summed E-state index contributed by atoms with van der Waals surface area (Å²) in [4.78, 5) is 3.98. The van der Waals surface area contributed by atoms with Gasteiger partial charge in [0, 0.05) is 6.20 Å². The van der Waals surface area contributed by atoms with Crippen molar-refractivity contribution in [2.45, 2.75) is 6.54 Å². The number of rotatable bonds is 2. The van der Waals surface area contributed by atoms with Crippen molar-refractivity contribution in [3.8, 4) is 0 Å². The Balaban J connectivity index is 2.14. The molecule has 5 heteroatoms. The first-order chi connectivity index (χ1) is 5.84. The van der Waals surface area contributed by atoms with E-state index in [-0.39, 0.29) is 0 Å². The summed E-state index contributed by atoms with van der Waals surface area (Å²) in [7, 11) is 0. The largest absolute Gasteiger partial charge is 0.447 e. The van der Waals surface area contributed by atoms with Gasteiger partial charge in [-0.05, 0) is 15.9 Å². The Kier molecular flexibility index (Phi) is 1.95. The maximum Gasteiger partial charge on any atom is 0.215 e. The summed E-state index contributed by atoms with van der Waals surface area (Å²) in [5.74, 6) is 0.658. The van der Waals surface area contributed by atoms with Crippen molar-refractivity contribution < 1.29 is 4.42 Å². The second-order valence-corrected chi connectivity index (χ2v) is 3.20. The van der Waals surface area contributed by atoms with Crippen LogP contribution in [0.5, 0.6) is 0 Å². The Labute approximate surface area is 77.3 Å². The number of nitrogens with zero attached hydrogens (tertiary/aromatic N) is 3. The first-order valence-corrected chi connectivity index (χ1v) is 4.20. The Hall–Kier alpha value is -1.10. The van der Waals surface area contributed by atoms with Gasteiger partial charge in [-0.3, -0.25) is 4.68 Å². The molecule has 12 heavy (non-hydrogen) atoms. The Morgan fingerprint density at radius 2 is 2.50 bits per heavy atom. The van der Waals surface area contributed by atoms with Crippen LogP contribution in [0.4, 0.5) is 0 Å². The lowest BCUT2D eigenvalue weighted by Gasteiger charge is -1.93. The second kappa shape index (κ2) is 3.10. The predicted molar refractivity (Wildman–Crippen MR) is 45.5 cm³/mol. The monoisotopic (exact) mass is 227 g/mol. The summed E-state index contributed by atoms with van der Waals surface area (Å²) in [6.07, 6.45) is 6.76. The molecule has 2 aromatic heterocycles. The zero-order valence-electron chi connectivity index (χ0n) is 6.14. The van der Waals surface area contributed by atoms with Crippen LogP contribution in [0.2, 0.25) is 0 Å². The van der Waals surface area contributed by atoms with Gasteiger partial charge in [-0.25, -0.2) is 4.98 Å². The summed E-state index contributed by atoms with van der Waals surface area (Å²) >= 11 is 3.30. The van der Waals surface area contributed by atoms with Crippen LogP contribution >= 0.6 is 15.9 Å². The standard InChI is InChI=1S/C7H6BrN3O/c8-6-3-10-11(4-6)5-7-9-1-2-12-7/h1-4H,5H2. The highest BCUT2D eigenvalue weighted by Gasteiger charge is 1.99. The third kappa shape index (κ3) is 1.55. The first kappa shape index (κ1) is 7.54. The van der Waals surface area contributed by atoms with Crippen LogP contribution in [-0.4, -0.2) is 14.8 Å². The molecule has 2 heterocycles. The molecule has 0 spiro atoms. The van der Waals surface area contributed by atoms with Crippen LogP contribution in [0.25, 0.3) is 0 Å². The van der Waals surface area contributed by atoms with E-state index in [0.29, 0.717) is 12.4 Å². The molecule has 0 saturated heterocycles.